The molecule has 0 aromatic rings. The summed E-state index contributed by atoms with van der Waals surface area (Å²) >= 11 is 0. The Labute approximate surface area is 54.8 Å². The minimum Gasteiger partial charge on any atom is -0.346 e. The lowest BCUT2D eigenvalue weighted by molar-refractivity contribution is 0.523. The molecular formula is C6H11N2O. The third-order valence-electron chi connectivity index (χ3n) is 1.58. The fourth-order valence-electron chi connectivity index (χ4n) is 1.10. The van der Waals surface area contributed by atoms with Gasteiger partial charge in [0.1, 0.15) is 0 Å². The highest BCUT2D eigenvalue weighted by atomic mass is 16.1. The minimum absolute atomic E-state index is 0.492. The molecule has 1 saturated heterocycles. The molecule has 1 aliphatic heterocycles. The van der Waals surface area contributed by atoms with E-state index in [0.29, 0.717) is 6.04 Å². The Bertz CT molecular complexity index is 89.1. The van der Waals surface area contributed by atoms with Gasteiger partial charge in [0.15, 0.2) is 0 Å². The lowest BCUT2D eigenvalue weighted by atomic mass is 10.2. The predicted molar refractivity (Wildman–Crippen MR) is 34.7 cm³/mol. The van der Waals surface area contributed by atoms with Gasteiger partial charge in [0.05, 0.1) is 0 Å². The molecule has 1 atom stereocenters. The van der Waals surface area contributed by atoms with Crippen LogP contribution in [0.5, 0.6) is 0 Å². The molecule has 0 spiro atoms. The van der Waals surface area contributed by atoms with Gasteiger partial charge in [-0.2, -0.15) is 0 Å². The SMILES string of the molecule is O=[C]NCC1CCCN1. The van der Waals surface area contributed by atoms with Crippen molar-refractivity contribution < 1.29 is 4.79 Å². The zero-order valence-corrected chi connectivity index (χ0v) is 5.31. The van der Waals surface area contributed by atoms with Crippen molar-refractivity contribution in [2.24, 2.45) is 0 Å². The molecule has 0 aromatic heterocycles. The van der Waals surface area contributed by atoms with Gasteiger partial charge in [-0.25, -0.2) is 0 Å². The van der Waals surface area contributed by atoms with E-state index in [1.54, 1.807) is 6.41 Å². The summed E-state index contributed by atoms with van der Waals surface area (Å²) < 4.78 is 0. The minimum atomic E-state index is 0.492. The lowest BCUT2D eigenvalue weighted by Gasteiger charge is -2.06. The number of amides is 1. The van der Waals surface area contributed by atoms with Crippen LogP contribution in [0.4, 0.5) is 0 Å². The molecule has 1 radical (unpaired) electrons. The molecule has 9 heavy (non-hydrogen) atoms. The van der Waals surface area contributed by atoms with Crippen molar-refractivity contribution in [3.05, 3.63) is 0 Å². The van der Waals surface area contributed by atoms with Crippen LogP contribution in [0, 0.1) is 0 Å². The third kappa shape index (κ3) is 2.01. The summed E-state index contributed by atoms with van der Waals surface area (Å²) in [6.45, 7) is 1.81. The maximum absolute atomic E-state index is 9.70. The number of hydrogen-bond donors (Lipinski definition) is 2. The molecule has 1 aliphatic rings. The molecule has 1 unspecified atom stereocenters. The van der Waals surface area contributed by atoms with Gasteiger partial charge in [0, 0.05) is 12.6 Å². The highest BCUT2D eigenvalue weighted by molar-refractivity contribution is 5.47. The Morgan fingerprint density at radius 2 is 2.67 bits per heavy atom. The van der Waals surface area contributed by atoms with E-state index in [9.17, 15) is 4.79 Å². The van der Waals surface area contributed by atoms with Crippen molar-refractivity contribution in [2.75, 3.05) is 13.1 Å². The van der Waals surface area contributed by atoms with Gasteiger partial charge in [-0.15, -0.1) is 0 Å². The normalized spacial score (nSPS) is 26.0. The second kappa shape index (κ2) is 3.45. The molecule has 3 heteroatoms. The zero-order chi connectivity index (χ0) is 6.53. The maximum atomic E-state index is 9.70. The van der Waals surface area contributed by atoms with E-state index in [1.165, 1.54) is 12.8 Å². The fraction of sp³-hybridized carbons (Fsp3) is 0.833. The average molecular weight is 127 g/mol. The van der Waals surface area contributed by atoms with Crippen molar-refractivity contribution in [1.82, 2.24) is 10.6 Å². The second-order valence-electron chi connectivity index (χ2n) is 2.28. The van der Waals surface area contributed by atoms with Crippen molar-refractivity contribution in [3.8, 4) is 0 Å². The number of hydrogen-bond acceptors (Lipinski definition) is 2. The van der Waals surface area contributed by atoms with Crippen LogP contribution in [0.2, 0.25) is 0 Å². The third-order valence-corrected chi connectivity index (χ3v) is 1.58. The summed E-state index contributed by atoms with van der Waals surface area (Å²) in [5.74, 6) is 0. The first-order valence-corrected chi connectivity index (χ1v) is 3.27. The van der Waals surface area contributed by atoms with E-state index >= 15 is 0 Å². The van der Waals surface area contributed by atoms with Gasteiger partial charge in [0.2, 0.25) is 0 Å². The molecule has 1 amide bonds. The smallest absolute Gasteiger partial charge is 0.309 e. The van der Waals surface area contributed by atoms with Crippen LogP contribution >= 0.6 is 0 Å². The summed E-state index contributed by atoms with van der Waals surface area (Å²) in [5.41, 5.74) is 0. The molecule has 0 saturated carbocycles. The first-order chi connectivity index (χ1) is 4.43. The Balaban J connectivity index is 2.04. The lowest BCUT2D eigenvalue weighted by Crippen LogP contribution is -2.33. The highest BCUT2D eigenvalue weighted by Gasteiger charge is 2.12. The van der Waals surface area contributed by atoms with E-state index in [4.69, 9.17) is 0 Å². The molecule has 1 fully saturated rings. The largest absolute Gasteiger partial charge is 0.346 e. The standard InChI is InChI=1S/C6H11N2O/c9-5-7-4-6-2-1-3-8-6/h6,8H,1-4H2,(H,7,9). The van der Waals surface area contributed by atoms with Gasteiger partial charge >= 0.3 is 6.41 Å². The quantitative estimate of drug-likeness (QED) is 0.497. The van der Waals surface area contributed by atoms with Crippen LogP contribution in [0.25, 0.3) is 0 Å². The first kappa shape index (κ1) is 6.55. The first-order valence-electron chi connectivity index (χ1n) is 3.27. The van der Waals surface area contributed by atoms with Crippen molar-refractivity contribution in [3.63, 3.8) is 0 Å². The van der Waals surface area contributed by atoms with Crippen LogP contribution in [0.3, 0.4) is 0 Å². The van der Waals surface area contributed by atoms with Crippen LogP contribution in [0.15, 0.2) is 0 Å². The predicted octanol–water partition coefficient (Wildman–Crippen LogP) is -0.605. The molecule has 0 aliphatic carbocycles. The molecule has 1 rings (SSSR count). The van der Waals surface area contributed by atoms with Crippen molar-refractivity contribution >= 4 is 6.41 Å². The van der Waals surface area contributed by atoms with E-state index in [-0.39, 0.29) is 0 Å². The topological polar surface area (TPSA) is 41.1 Å². The van der Waals surface area contributed by atoms with Gasteiger partial charge in [-0.1, -0.05) is 0 Å². The van der Waals surface area contributed by atoms with Crippen LogP contribution in [0.1, 0.15) is 12.8 Å². The molecule has 1 heterocycles. The van der Waals surface area contributed by atoms with E-state index in [2.05, 4.69) is 10.6 Å². The molecule has 2 N–H and O–H groups in total. The van der Waals surface area contributed by atoms with Crippen molar-refractivity contribution in [1.29, 1.82) is 0 Å². The summed E-state index contributed by atoms with van der Waals surface area (Å²) in [4.78, 5) is 9.70. The second-order valence-corrected chi connectivity index (χ2v) is 2.28. The van der Waals surface area contributed by atoms with Crippen LogP contribution in [-0.4, -0.2) is 25.5 Å². The Morgan fingerprint density at radius 1 is 1.78 bits per heavy atom. The highest BCUT2D eigenvalue weighted by Crippen LogP contribution is 2.02. The number of rotatable bonds is 3. The van der Waals surface area contributed by atoms with Gasteiger partial charge < -0.3 is 10.6 Å². The van der Waals surface area contributed by atoms with E-state index < -0.39 is 0 Å². The van der Waals surface area contributed by atoms with E-state index in [1.807, 2.05) is 0 Å². The van der Waals surface area contributed by atoms with Crippen LogP contribution in [-0.2, 0) is 4.79 Å². The fourth-order valence-corrected chi connectivity index (χ4v) is 1.10. The van der Waals surface area contributed by atoms with Crippen LogP contribution < -0.4 is 10.6 Å². The summed E-state index contributed by atoms with van der Waals surface area (Å²) in [6.07, 6.45) is 4.06. The van der Waals surface area contributed by atoms with Gasteiger partial charge in [0.25, 0.3) is 0 Å². The number of nitrogens with one attached hydrogen (secondary N) is 2. The average Bonchev–Trinajstić information content (AvgIpc) is 2.34. The van der Waals surface area contributed by atoms with Gasteiger partial charge in [-0.3, -0.25) is 4.79 Å². The molecule has 0 bridgehead atoms. The Hall–Kier alpha value is -0.570. The summed E-state index contributed by atoms with van der Waals surface area (Å²) in [7, 11) is 0. The monoisotopic (exact) mass is 127 g/mol. The summed E-state index contributed by atoms with van der Waals surface area (Å²) in [6, 6.07) is 0.492. The van der Waals surface area contributed by atoms with Crippen molar-refractivity contribution in [2.45, 2.75) is 18.9 Å². The molecule has 51 valence electrons. The zero-order valence-electron chi connectivity index (χ0n) is 5.31. The molecule has 0 aromatic carbocycles. The Kier molecular flexibility index (Phi) is 2.51. The maximum Gasteiger partial charge on any atom is 0.309 e. The summed E-state index contributed by atoms with van der Waals surface area (Å²) in [5, 5.41) is 5.77. The van der Waals surface area contributed by atoms with E-state index in [0.717, 1.165) is 13.1 Å². The molecule has 3 nitrogen and oxygen atoms in total. The number of carbonyl (C=O) groups excluding carboxylic acids is 1. The molecular weight excluding hydrogens is 116 g/mol. The Morgan fingerprint density at radius 3 is 3.22 bits per heavy atom. The van der Waals surface area contributed by atoms with Gasteiger partial charge in [-0.05, 0) is 19.4 Å².